The summed E-state index contributed by atoms with van der Waals surface area (Å²) in [7, 11) is 0. The van der Waals surface area contributed by atoms with E-state index in [1.165, 1.54) is 77.0 Å². The average Bonchev–Trinajstić information content (AvgIpc) is 0.621. The van der Waals surface area contributed by atoms with Crippen LogP contribution in [0.5, 0.6) is 0 Å². The molecule has 0 spiro atoms. The maximum atomic E-state index is 5.98. The molecule has 0 amide bonds. The summed E-state index contributed by atoms with van der Waals surface area (Å²) in [6.45, 7) is 65.6. The van der Waals surface area contributed by atoms with E-state index >= 15 is 0 Å². The Kier molecular flexibility index (Phi) is 12.5. The number of halogens is 1. The van der Waals surface area contributed by atoms with Crippen molar-refractivity contribution in [3.05, 3.63) is 206 Å². The molecule has 18 rings (SSSR count). The van der Waals surface area contributed by atoms with Gasteiger partial charge < -0.3 is 0 Å². The molecule has 92 heavy (non-hydrogen) atoms. The first kappa shape index (κ1) is 63.1. The molecular formula is C90H115BrGe. The molecule has 486 valence electrons. The van der Waals surface area contributed by atoms with Crippen LogP contribution in [0.15, 0.2) is 72.8 Å². The van der Waals surface area contributed by atoms with Crippen molar-refractivity contribution < 1.29 is 0 Å². The van der Waals surface area contributed by atoms with Crippen LogP contribution in [0.3, 0.4) is 0 Å². The van der Waals surface area contributed by atoms with Gasteiger partial charge in [0, 0.05) is 0 Å². The van der Waals surface area contributed by atoms with Crippen molar-refractivity contribution in [2.24, 2.45) is 0 Å². The minimum atomic E-state index is -4.61. The van der Waals surface area contributed by atoms with Gasteiger partial charge in [0.2, 0.25) is 0 Å². The van der Waals surface area contributed by atoms with E-state index in [0.29, 0.717) is 0 Å². The van der Waals surface area contributed by atoms with Crippen LogP contribution in [0.2, 0.25) is 5.25 Å². The monoisotopic (exact) mass is 1350 g/mol. The van der Waals surface area contributed by atoms with E-state index in [4.69, 9.17) is 14.0 Å². The summed E-state index contributed by atoms with van der Waals surface area (Å²) in [4.78, 5) is 0. The standard InChI is InChI=1S/C90H115BrGe/c1-26-92(91,89-57-45-69-63(77(2,3)27-33-83(69,14)15)39-51(57)75(52-40-64-70(46-58(52)89)84(16,17)34-28-78(64,4)5)53-41-65-71(47-59(53)89)85(18,19)35-29-79(65,6)7)90-60-48-72-66(80(8,9)30-36-86(72,20)21)42-54(60)76(55-43-67-73(49-61(55)90)87(22,23)37-31-81(67,10)11)56-44-68-74(50-62(56)90)88(24,25)38-32-82(68,12)13/h39-50,75-76H,26-38H2,1-25H3. The molecule has 12 aliphatic rings. The van der Waals surface area contributed by atoms with E-state index in [-0.39, 0.29) is 76.8 Å². The van der Waals surface area contributed by atoms with Gasteiger partial charge >= 0.3 is 572 Å². The van der Waals surface area contributed by atoms with E-state index in [0.717, 1.165) is 5.25 Å². The summed E-state index contributed by atoms with van der Waals surface area (Å²) in [5.41, 5.74) is 39.7. The molecule has 0 radical (unpaired) electrons. The molecule has 0 N–H and O–H groups in total. The molecule has 4 bridgehead atoms. The molecule has 6 aromatic carbocycles. The van der Waals surface area contributed by atoms with Crippen molar-refractivity contribution in [3.63, 3.8) is 0 Å². The van der Waals surface area contributed by atoms with Gasteiger partial charge in [0.25, 0.3) is 0 Å². The van der Waals surface area contributed by atoms with Crippen molar-refractivity contribution in [1.82, 2.24) is 0 Å². The molecule has 0 aromatic heterocycles. The van der Waals surface area contributed by atoms with Crippen LogP contribution < -0.4 is 0 Å². The van der Waals surface area contributed by atoms with Crippen LogP contribution in [-0.2, 0) is 73.5 Å². The molecule has 0 unspecified atom stereocenters. The summed E-state index contributed by atoms with van der Waals surface area (Å²) in [5.74, 6) is 0.255. The third-order valence-electron chi connectivity index (χ3n) is 30.1. The summed E-state index contributed by atoms with van der Waals surface area (Å²) >= 11 is 1.37. The van der Waals surface area contributed by atoms with Gasteiger partial charge in [-0.2, -0.15) is 0 Å². The number of rotatable bonds is 3. The Labute approximate surface area is 568 Å². The Morgan fingerprint density at radius 2 is 0.348 bits per heavy atom. The second-order valence-electron chi connectivity index (χ2n) is 41.0. The van der Waals surface area contributed by atoms with E-state index in [2.05, 4.69) is 246 Å². The molecule has 2 heteroatoms. The molecule has 0 saturated heterocycles. The Morgan fingerprint density at radius 1 is 0.228 bits per heavy atom. The first-order chi connectivity index (χ1) is 42.3. The molecule has 0 aliphatic heterocycles. The van der Waals surface area contributed by atoms with E-state index < -0.39 is 19.9 Å². The van der Waals surface area contributed by atoms with Crippen molar-refractivity contribution in [3.8, 4) is 0 Å². The number of benzene rings is 6. The summed E-state index contributed by atoms with van der Waals surface area (Å²) < 4.78 is -1.04. The minimum absolute atomic E-state index is 0.0146. The van der Waals surface area contributed by atoms with Crippen LogP contribution in [0.1, 0.15) is 396 Å². The second kappa shape index (κ2) is 18.2. The Hall–Kier alpha value is -3.66. The summed E-state index contributed by atoms with van der Waals surface area (Å²) in [6, 6.07) is 35.6. The fourth-order valence-electron chi connectivity index (χ4n) is 23.1. The Morgan fingerprint density at radius 3 is 0.467 bits per heavy atom. The maximum absolute atomic E-state index is 5.98. The third kappa shape index (κ3) is 7.62. The molecule has 0 nitrogen and oxygen atoms in total. The van der Waals surface area contributed by atoms with Crippen LogP contribution >= 0.6 is 14.0 Å². The summed E-state index contributed by atoms with van der Waals surface area (Å²) in [6.07, 6.45) is 14.4. The van der Waals surface area contributed by atoms with Crippen molar-refractivity contribution >= 4 is 25.4 Å². The van der Waals surface area contributed by atoms with E-state index in [9.17, 15) is 0 Å². The molecule has 6 aromatic rings. The van der Waals surface area contributed by atoms with Gasteiger partial charge in [0.1, 0.15) is 0 Å². The van der Waals surface area contributed by atoms with E-state index in [1.807, 2.05) is 0 Å². The van der Waals surface area contributed by atoms with Gasteiger partial charge in [-0.15, -0.1) is 0 Å². The van der Waals surface area contributed by atoms with Gasteiger partial charge in [0.15, 0.2) is 0 Å². The van der Waals surface area contributed by atoms with Gasteiger partial charge in [-0.25, -0.2) is 0 Å². The van der Waals surface area contributed by atoms with Gasteiger partial charge in [-0.3, -0.25) is 0 Å². The molecular weight excluding hydrogens is 1230 g/mol. The van der Waals surface area contributed by atoms with Gasteiger partial charge in [0.05, 0.1) is 0 Å². The SMILES string of the molecule is C[CH2][Ge]([Br])([C]12c3cc4c(cc3C(c3cc5c(cc31)C(C)(C)CCC5(C)C)c1cc3c(cc12)C(C)(C)CCC3(C)C)C(C)(C)CCC4(C)C)[C]12c3cc4c(cc3C(c3cc5c(cc31)C(C)(C)CCC5(C)C)c1cc3c(cc12)C(C)(C)CCC3(C)C)C(C)(C)CCC4(C)C. The summed E-state index contributed by atoms with van der Waals surface area (Å²) in [5, 5.41) is 1.08. The van der Waals surface area contributed by atoms with Crippen molar-refractivity contribution in [2.45, 2.75) is 341 Å². The van der Waals surface area contributed by atoms with Crippen LogP contribution in [0.4, 0.5) is 0 Å². The van der Waals surface area contributed by atoms with Crippen molar-refractivity contribution in [2.75, 3.05) is 0 Å². The molecule has 12 aliphatic carbocycles. The predicted octanol–water partition coefficient (Wildman–Crippen LogP) is 24.2. The second-order valence-corrected chi connectivity index (χ2v) is 56.1. The zero-order valence-electron chi connectivity index (χ0n) is 62.2. The number of hydrogen-bond acceptors (Lipinski definition) is 0. The molecule has 0 fully saturated rings. The van der Waals surface area contributed by atoms with Crippen LogP contribution in [0, 0.1) is 0 Å². The topological polar surface area (TPSA) is 0 Å². The Balaban J connectivity index is 1.20. The van der Waals surface area contributed by atoms with Gasteiger partial charge in [-0.05, 0) is 0 Å². The number of fused-ring (bicyclic) bond motifs is 6. The fraction of sp³-hybridized carbons (Fsp3) is 0.600. The van der Waals surface area contributed by atoms with Crippen LogP contribution in [0.25, 0.3) is 0 Å². The molecule has 0 atom stereocenters. The quantitative estimate of drug-likeness (QED) is 0.155. The van der Waals surface area contributed by atoms with Crippen molar-refractivity contribution in [1.29, 1.82) is 0 Å². The number of hydrogen-bond donors (Lipinski definition) is 0. The van der Waals surface area contributed by atoms with Gasteiger partial charge in [-0.1, -0.05) is 0 Å². The zero-order valence-corrected chi connectivity index (χ0v) is 65.8. The normalized spacial score (nSPS) is 29.9. The first-order valence-corrected chi connectivity index (χ1v) is 45.6. The fourth-order valence-corrected chi connectivity index (χ4v) is 41.3. The Bertz CT molecular complexity index is 3620. The zero-order chi connectivity index (χ0) is 66.2. The third-order valence-corrected chi connectivity index (χ3v) is 49.6. The van der Waals surface area contributed by atoms with Crippen LogP contribution in [-0.4, -0.2) is 11.4 Å². The molecule has 0 saturated carbocycles. The average molecular weight is 1350 g/mol. The van der Waals surface area contributed by atoms with E-state index in [1.54, 1.807) is 134 Å². The molecule has 0 heterocycles. The first-order valence-electron chi connectivity index (χ1n) is 37.2. The predicted molar refractivity (Wildman–Crippen MR) is 397 cm³/mol.